The first-order valence-corrected chi connectivity index (χ1v) is 7.26. The number of aromatic hydroxyl groups is 3. The third kappa shape index (κ3) is 3.35. The summed E-state index contributed by atoms with van der Waals surface area (Å²) in [5, 5.41) is 29.4. The normalized spacial score (nSPS) is 17.1. The Hall–Kier alpha value is -1.98. The molecule has 2 aromatic carbocycles. The van der Waals surface area contributed by atoms with E-state index in [0.717, 1.165) is 29.8 Å². The van der Waals surface area contributed by atoms with E-state index in [9.17, 15) is 15.3 Å². The molecule has 23 heavy (non-hydrogen) atoms. The van der Waals surface area contributed by atoms with E-state index in [-0.39, 0.29) is 34.4 Å². The summed E-state index contributed by atoms with van der Waals surface area (Å²) in [6.45, 7) is 5.96. The number of rotatable bonds is 3. The summed E-state index contributed by atoms with van der Waals surface area (Å²) in [6, 6.07) is 10.4. The zero-order valence-electron chi connectivity index (χ0n) is 12.6. The number of phenolic OH excluding ortho intramolecular Hbond substituents is 3. The van der Waals surface area contributed by atoms with Crippen molar-refractivity contribution in [3.63, 3.8) is 0 Å². The van der Waals surface area contributed by atoms with Crippen molar-refractivity contribution in [3.8, 4) is 17.2 Å². The Bertz CT molecular complexity index is 717. The summed E-state index contributed by atoms with van der Waals surface area (Å²) in [5.41, 5.74) is 2.88. The van der Waals surface area contributed by atoms with Crippen LogP contribution >= 0.6 is 17.0 Å². The highest BCUT2D eigenvalue weighted by Gasteiger charge is 2.28. The SMILES string of the molecule is Br.C=CCN1Cc2c(O)cccc2C(c2ccc(O)c(O)c2)C1. The molecule has 3 rings (SSSR count). The molecule has 2 aromatic rings. The molecule has 0 aromatic heterocycles. The predicted octanol–water partition coefficient (Wildman–Crippen LogP) is 3.51. The van der Waals surface area contributed by atoms with Crippen LogP contribution in [0.5, 0.6) is 17.2 Å². The number of phenols is 3. The van der Waals surface area contributed by atoms with Gasteiger partial charge in [-0.25, -0.2) is 0 Å². The predicted molar refractivity (Wildman–Crippen MR) is 95.5 cm³/mol. The third-order valence-corrected chi connectivity index (χ3v) is 4.17. The minimum absolute atomic E-state index is 0. The van der Waals surface area contributed by atoms with E-state index < -0.39 is 0 Å². The minimum atomic E-state index is -0.126. The van der Waals surface area contributed by atoms with E-state index >= 15 is 0 Å². The number of benzene rings is 2. The molecule has 3 N–H and O–H groups in total. The molecule has 1 aliphatic heterocycles. The highest BCUT2D eigenvalue weighted by molar-refractivity contribution is 8.93. The lowest BCUT2D eigenvalue weighted by molar-refractivity contribution is 0.260. The third-order valence-electron chi connectivity index (χ3n) is 4.17. The fourth-order valence-corrected chi connectivity index (χ4v) is 3.10. The van der Waals surface area contributed by atoms with Gasteiger partial charge in [0, 0.05) is 31.1 Å². The Balaban J connectivity index is 0.00000192. The zero-order valence-corrected chi connectivity index (χ0v) is 14.4. The van der Waals surface area contributed by atoms with Crippen molar-refractivity contribution in [1.82, 2.24) is 4.90 Å². The van der Waals surface area contributed by atoms with Crippen molar-refractivity contribution in [2.75, 3.05) is 13.1 Å². The minimum Gasteiger partial charge on any atom is -0.508 e. The molecule has 1 atom stereocenters. The zero-order chi connectivity index (χ0) is 15.7. The standard InChI is InChI=1S/C18H19NO3.BrH/c1-2-8-19-10-14(12-6-7-17(21)18(22)9-12)13-4-3-5-16(20)15(13)11-19;/h2-7,9,14,20-22H,1,8,10-11H2;1H. The highest BCUT2D eigenvalue weighted by Crippen LogP contribution is 2.39. The van der Waals surface area contributed by atoms with E-state index in [1.165, 1.54) is 6.07 Å². The van der Waals surface area contributed by atoms with Crippen molar-refractivity contribution >= 4 is 17.0 Å². The van der Waals surface area contributed by atoms with E-state index in [4.69, 9.17) is 0 Å². The summed E-state index contributed by atoms with van der Waals surface area (Å²) in [5.74, 6) is 0.0697. The van der Waals surface area contributed by atoms with Crippen LogP contribution in [0.4, 0.5) is 0 Å². The average Bonchev–Trinajstić information content (AvgIpc) is 2.51. The monoisotopic (exact) mass is 377 g/mol. The fourth-order valence-electron chi connectivity index (χ4n) is 3.10. The van der Waals surface area contributed by atoms with Crippen molar-refractivity contribution in [3.05, 3.63) is 65.7 Å². The number of fused-ring (bicyclic) bond motifs is 1. The first kappa shape index (κ1) is 17.4. The molecule has 5 heteroatoms. The molecule has 0 spiro atoms. The molecule has 0 saturated carbocycles. The maximum absolute atomic E-state index is 10.2. The lowest BCUT2D eigenvalue weighted by Crippen LogP contribution is -2.34. The van der Waals surface area contributed by atoms with Gasteiger partial charge in [-0.1, -0.05) is 24.3 Å². The van der Waals surface area contributed by atoms with Crippen LogP contribution in [0.15, 0.2) is 49.1 Å². The van der Waals surface area contributed by atoms with Gasteiger partial charge in [-0.2, -0.15) is 0 Å². The van der Waals surface area contributed by atoms with Crippen LogP contribution in [0.2, 0.25) is 0 Å². The highest BCUT2D eigenvalue weighted by atomic mass is 79.9. The number of nitrogens with zero attached hydrogens (tertiary/aromatic N) is 1. The smallest absolute Gasteiger partial charge is 0.157 e. The summed E-state index contributed by atoms with van der Waals surface area (Å²) in [4.78, 5) is 2.20. The van der Waals surface area contributed by atoms with Gasteiger partial charge in [0.1, 0.15) is 5.75 Å². The van der Waals surface area contributed by atoms with Crippen LogP contribution in [0.3, 0.4) is 0 Å². The lowest BCUT2D eigenvalue weighted by Gasteiger charge is -2.34. The van der Waals surface area contributed by atoms with Crippen LogP contribution in [0.1, 0.15) is 22.6 Å². The van der Waals surface area contributed by atoms with Crippen LogP contribution in [0, 0.1) is 0 Å². The van der Waals surface area contributed by atoms with Crippen molar-refractivity contribution in [2.24, 2.45) is 0 Å². The molecule has 0 amide bonds. The second-order valence-corrected chi connectivity index (χ2v) is 5.63. The van der Waals surface area contributed by atoms with Gasteiger partial charge in [0.2, 0.25) is 0 Å². The quantitative estimate of drug-likeness (QED) is 0.565. The van der Waals surface area contributed by atoms with E-state index in [2.05, 4.69) is 11.5 Å². The van der Waals surface area contributed by atoms with Crippen LogP contribution < -0.4 is 0 Å². The number of halogens is 1. The Labute approximate surface area is 146 Å². The van der Waals surface area contributed by atoms with Crippen molar-refractivity contribution in [1.29, 1.82) is 0 Å². The molecule has 0 aliphatic carbocycles. The van der Waals surface area contributed by atoms with Gasteiger partial charge in [0.05, 0.1) is 0 Å². The molecule has 0 bridgehead atoms. The van der Waals surface area contributed by atoms with Crippen LogP contribution in [-0.4, -0.2) is 33.3 Å². The molecule has 1 aliphatic rings. The fraction of sp³-hybridized carbons (Fsp3) is 0.222. The number of hydrogen-bond donors (Lipinski definition) is 3. The molecule has 4 nitrogen and oxygen atoms in total. The largest absolute Gasteiger partial charge is 0.508 e. The van der Waals surface area contributed by atoms with Gasteiger partial charge in [0.25, 0.3) is 0 Å². The lowest BCUT2D eigenvalue weighted by atomic mass is 9.84. The topological polar surface area (TPSA) is 63.9 Å². The summed E-state index contributed by atoms with van der Waals surface area (Å²) in [7, 11) is 0. The van der Waals surface area contributed by atoms with Gasteiger partial charge < -0.3 is 15.3 Å². The summed E-state index contributed by atoms with van der Waals surface area (Å²) in [6.07, 6.45) is 1.84. The Kier molecular flexibility index (Phi) is 5.34. The molecule has 1 unspecified atom stereocenters. The van der Waals surface area contributed by atoms with Gasteiger partial charge in [-0.15, -0.1) is 23.6 Å². The molecule has 0 fully saturated rings. The molecular weight excluding hydrogens is 358 g/mol. The van der Waals surface area contributed by atoms with Gasteiger partial charge in [-0.05, 0) is 29.3 Å². The Morgan fingerprint density at radius 1 is 1.09 bits per heavy atom. The average molecular weight is 378 g/mol. The van der Waals surface area contributed by atoms with E-state index in [1.807, 2.05) is 24.3 Å². The van der Waals surface area contributed by atoms with Gasteiger partial charge >= 0.3 is 0 Å². The maximum atomic E-state index is 10.2. The summed E-state index contributed by atoms with van der Waals surface area (Å²) < 4.78 is 0. The van der Waals surface area contributed by atoms with Crippen LogP contribution in [0.25, 0.3) is 0 Å². The Morgan fingerprint density at radius 3 is 2.57 bits per heavy atom. The molecule has 0 saturated heterocycles. The first-order chi connectivity index (χ1) is 10.6. The van der Waals surface area contributed by atoms with Crippen molar-refractivity contribution < 1.29 is 15.3 Å². The van der Waals surface area contributed by atoms with Crippen LogP contribution in [-0.2, 0) is 6.54 Å². The van der Waals surface area contributed by atoms with E-state index in [0.29, 0.717) is 12.3 Å². The van der Waals surface area contributed by atoms with Gasteiger partial charge in [-0.3, -0.25) is 4.90 Å². The molecule has 0 radical (unpaired) electrons. The maximum Gasteiger partial charge on any atom is 0.157 e. The van der Waals surface area contributed by atoms with Gasteiger partial charge in [0.15, 0.2) is 11.5 Å². The number of hydrogen-bond acceptors (Lipinski definition) is 4. The molecule has 1 heterocycles. The first-order valence-electron chi connectivity index (χ1n) is 7.26. The van der Waals surface area contributed by atoms with E-state index in [1.54, 1.807) is 12.1 Å². The Morgan fingerprint density at radius 2 is 1.87 bits per heavy atom. The summed E-state index contributed by atoms with van der Waals surface area (Å²) >= 11 is 0. The van der Waals surface area contributed by atoms with Crippen molar-refractivity contribution in [2.45, 2.75) is 12.5 Å². The molecule has 122 valence electrons. The second kappa shape index (κ2) is 7.06. The molecular formula is C18H20BrNO3. The second-order valence-electron chi connectivity index (χ2n) is 5.63.